The minimum absolute atomic E-state index is 0.0369. The smallest absolute Gasteiger partial charge is 0.237 e. The lowest BCUT2D eigenvalue weighted by Gasteiger charge is -2.12. The molecule has 2 aliphatic heterocycles. The molecule has 1 amide bonds. The van der Waals surface area contributed by atoms with E-state index in [4.69, 9.17) is 9.47 Å². The van der Waals surface area contributed by atoms with E-state index in [0.29, 0.717) is 23.1 Å². The van der Waals surface area contributed by atoms with Gasteiger partial charge in [-0.15, -0.1) is 5.10 Å². The summed E-state index contributed by atoms with van der Waals surface area (Å²) >= 11 is 1.36. The highest BCUT2D eigenvalue weighted by molar-refractivity contribution is 8.00. The fourth-order valence-electron chi connectivity index (χ4n) is 3.16. The summed E-state index contributed by atoms with van der Waals surface area (Å²) in [7, 11) is 0. The largest absolute Gasteiger partial charge is 0.454 e. The summed E-state index contributed by atoms with van der Waals surface area (Å²) in [6, 6.07) is 13.4. The van der Waals surface area contributed by atoms with Gasteiger partial charge in [0, 0.05) is 11.8 Å². The molecule has 0 aliphatic carbocycles. The lowest BCUT2D eigenvalue weighted by atomic mass is 10.1. The number of ether oxygens (including phenoxy) is 2. The van der Waals surface area contributed by atoms with Crippen LogP contribution in [0.5, 0.6) is 11.5 Å². The fourth-order valence-corrected chi connectivity index (χ4v) is 4.14. The lowest BCUT2D eigenvalue weighted by Crippen LogP contribution is -2.24. The average Bonchev–Trinajstić information content (AvgIpc) is 3.31. The van der Waals surface area contributed by atoms with Crippen LogP contribution in [-0.2, 0) is 11.2 Å². The van der Waals surface area contributed by atoms with Gasteiger partial charge in [-0.2, -0.15) is 4.68 Å². The molecule has 0 saturated carbocycles. The maximum atomic E-state index is 12.7. The third-order valence-corrected chi connectivity index (χ3v) is 5.73. The summed E-state index contributed by atoms with van der Waals surface area (Å²) < 4.78 is 12.4. The van der Waals surface area contributed by atoms with Crippen LogP contribution in [0.1, 0.15) is 12.0 Å². The Labute approximate surface area is 158 Å². The van der Waals surface area contributed by atoms with Crippen LogP contribution in [-0.4, -0.2) is 38.2 Å². The van der Waals surface area contributed by atoms with Crippen LogP contribution in [0.2, 0.25) is 0 Å². The first-order chi connectivity index (χ1) is 13.3. The van der Waals surface area contributed by atoms with E-state index in [9.17, 15) is 4.79 Å². The molecular weight excluding hydrogens is 366 g/mol. The third kappa shape index (κ3) is 2.99. The molecule has 2 aliphatic rings. The molecule has 27 heavy (non-hydrogen) atoms. The summed E-state index contributed by atoms with van der Waals surface area (Å²) in [5, 5.41) is 15.2. The normalized spacial score (nSPS) is 17.9. The van der Waals surface area contributed by atoms with E-state index in [1.807, 2.05) is 42.5 Å². The van der Waals surface area contributed by atoms with E-state index >= 15 is 0 Å². The highest BCUT2D eigenvalue weighted by atomic mass is 32.2. The molecule has 0 unspecified atom stereocenters. The van der Waals surface area contributed by atoms with Gasteiger partial charge < -0.3 is 14.8 Å². The van der Waals surface area contributed by atoms with Gasteiger partial charge in [-0.1, -0.05) is 30.0 Å². The van der Waals surface area contributed by atoms with E-state index in [1.165, 1.54) is 11.8 Å². The molecule has 0 bridgehead atoms. The third-order valence-electron chi connectivity index (χ3n) is 4.53. The predicted molar refractivity (Wildman–Crippen MR) is 98.3 cm³/mol. The number of amides is 1. The Balaban J connectivity index is 1.40. The van der Waals surface area contributed by atoms with Crippen LogP contribution >= 0.6 is 11.8 Å². The zero-order chi connectivity index (χ0) is 18.2. The van der Waals surface area contributed by atoms with Crippen molar-refractivity contribution in [1.29, 1.82) is 0 Å². The molecule has 0 saturated heterocycles. The van der Waals surface area contributed by atoms with Gasteiger partial charge in [-0.3, -0.25) is 4.79 Å². The Morgan fingerprint density at radius 2 is 2.04 bits per heavy atom. The van der Waals surface area contributed by atoms with Gasteiger partial charge in [0.2, 0.25) is 17.9 Å². The van der Waals surface area contributed by atoms with E-state index < -0.39 is 0 Å². The number of aryl methyl sites for hydroxylation is 1. The SMILES string of the molecule is O=C1Nc2ccccc2CC[C@H]1Sc1nnnn1-c1ccc2c(c1)OCO2. The van der Waals surface area contributed by atoms with Gasteiger partial charge in [-0.25, -0.2) is 0 Å². The Kier molecular flexibility index (Phi) is 3.93. The number of para-hydroxylation sites is 1. The highest BCUT2D eigenvalue weighted by Gasteiger charge is 2.27. The van der Waals surface area contributed by atoms with Crippen molar-refractivity contribution in [2.24, 2.45) is 0 Å². The summed E-state index contributed by atoms with van der Waals surface area (Å²) in [6.07, 6.45) is 1.53. The Bertz CT molecular complexity index is 1020. The second-order valence-electron chi connectivity index (χ2n) is 6.20. The number of anilines is 1. The van der Waals surface area contributed by atoms with Crippen LogP contribution in [0.3, 0.4) is 0 Å². The van der Waals surface area contributed by atoms with Crippen LogP contribution < -0.4 is 14.8 Å². The van der Waals surface area contributed by atoms with Crippen molar-refractivity contribution in [1.82, 2.24) is 20.2 Å². The first-order valence-electron chi connectivity index (χ1n) is 8.52. The average molecular weight is 381 g/mol. The molecule has 136 valence electrons. The molecule has 8 nitrogen and oxygen atoms in total. The fraction of sp³-hybridized carbons (Fsp3) is 0.222. The van der Waals surface area contributed by atoms with Crippen LogP contribution in [0.25, 0.3) is 5.69 Å². The summed E-state index contributed by atoms with van der Waals surface area (Å²) in [6.45, 7) is 0.207. The Morgan fingerprint density at radius 3 is 3.00 bits per heavy atom. The number of nitrogens with one attached hydrogen (secondary N) is 1. The zero-order valence-corrected chi connectivity index (χ0v) is 15.0. The van der Waals surface area contributed by atoms with Crippen molar-refractivity contribution >= 4 is 23.4 Å². The molecule has 2 aromatic carbocycles. The first-order valence-corrected chi connectivity index (χ1v) is 9.40. The highest BCUT2D eigenvalue weighted by Crippen LogP contribution is 2.35. The molecule has 1 N–H and O–H groups in total. The van der Waals surface area contributed by atoms with Gasteiger partial charge in [-0.05, 0) is 47.0 Å². The molecule has 0 spiro atoms. The molecule has 5 rings (SSSR count). The minimum atomic E-state index is -0.281. The van der Waals surface area contributed by atoms with Crippen LogP contribution in [0.15, 0.2) is 47.6 Å². The number of aromatic nitrogens is 4. The molecule has 3 heterocycles. The summed E-state index contributed by atoms with van der Waals surface area (Å²) in [5.41, 5.74) is 2.77. The van der Waals surface area contributed by atoms with Gasteiger partial charge in [0.1, 0.15) is 0 Å². The van der Waals surface area contributed by atoms with Crippen molar-refractivity contribution in [2.45, 2.75) is 23.2 Å². The van der Waals surface area contributed by atoms with E-state index in [2.05, 4.69) is 20.8 Å². The number of carbonyl (C=O) groups is 1. The number of thioether (sulfide) groups is 1. The molecule has 0 fully saturated rings. The maximum Gasteiger partial charge on any atom is 0.237 e. The van der Waals surface area contributed by atoms with Crippen molar-refractivity contribution in [3.05, 3.63) is 48.0 Å². The monoisotopic (exact) mass is 381 g/mol. The molecule has 1 aromatic heterocycles. The minimum Gasteiger partial charge on any atom is -0.454 e. The number of benzene rings is 2. The lowest BCUT2D eigenvalue weighted by molar-refractivity contribution is -0.115. The molecule has 3 aromatic rings. The Hall–Kier alpha value is -3.07. The van der Waals surface area contributed by atoms with E-state index in [0.717, 1.165) is 23.4 Å². The van der Waals surface area contributed by atoms with Gasteiger partial charge in [0.15, 0.2) is 11.5 Å². The molecular formula is C18H15N5O3S. The number of fused-ring (bicyclic) bond motifs is 2. The van der Waals surface area contributed by atoms with Crippen molar-refractivity contribution in [2.75, 3.05) is 12.1 Å². The second kappa shape index (κ2) is 6.58. The topological polar surface area (TPSA) is 91.2 Å². The predicted octanol–water partition coefficient (Wildman–Crippen LogP) is 2.44. The van der Waals surface area contributed by atoms with Crippen molar-refractivity contribution < 1.29 is 14.3 Å². The van der Waals surface area contributed by atoms with Gasteiger partial charge in [0.05, 0.1) is 10.9 Å². The van der Waals surface area contributed by atoms with Crippen LogP contribution in [0, 0.1) is 0 Å². The number of hydrogen-bond donors (Lipinski definition) is 1. The number of hydrogen-bond acceptors (Lipinski definition) is 7. The first kappa shape index (κ1) is 16.1. The second-order valence-corrected chi connectivity index (χ2v) is 7.37. The van der Waals surface area contributed by atoms with Gasteiger partial charge in [0.25, 0.3) is 0 Å². The summed E-state index contributed by atoms with van der Waals surface area (Å²) in [5.74, 6) is 1.31. The maximum absolute atomic E-state index is 12.7. The molecule has 1 atom stereocenters. The molecule has 9 heteroatoms. The standard InChI is InChI=1S/C18H15N5O3S/c24-17-16(8-5-11-3-1-2-4-13(11)19-17)27-18-20-21-22-23(18)12-6-7-14-15(9-12)26-10-25-14/h1-4,6-7,9,16H,5,8,10H2,(H,19,24)/t16-/m1/s1. The van der Waals surface area contributed by atoms with Crippen molar-refractivity contribution in [3.63, 3.8) is 0 Å². The van der Waals surface area contributed by atoms with Gasteiger partial charge >= 0.3 is 0 Å². The summed E-state index contributed by atoms with van der Waals surface area (Å²) in [4.78, 5) is 12.7. The Morgan fingerprint density at radius 1 is 1.15 bits per heavy atom. The van der Waals surface area contributed by atoms with Crippen LogP contribution in [0.4, 0.5) is 5.69 Å². The van der Waals surface area contributed by atoms with E-state index in [1.54, 1.807) is 4.68 Å². The number of carbonyl (C=O) groups excluding carboxylic acids is 1. The van der Waals surface area contributed by atoms with E-state index in [-0.39, 0.29) is 18.0 Å². The number of nitrogens with zero attached hydrogens (tertiary/aromatic N) is 4. The van der Waals surface area contributed by atoms with Crippen molar-refractivity contribution in [3.8, 4) is 17.2 Å². The quantitative estimate of drug-likeness (QED) is 0.745. The zero-order valence-electron chi connectivity index (χ0n) is 14.2. The molecule has 0 radical (unpaired) electrons. The number of rotatable bonds is 3. The number of tetrazole rings is 1.